The highest BCUT2D eigenvalue weighted by atomic mass is 19.1. The molecule has 1 N–H and O–H groups in total. The molecule has 0 heterocycles. The van der Waals surface area contributed by atoms with E-state index in [1.54, 1.807) is 6.92 Å². The summed E-state index contributed by atoms with van der Waals surface area (Å²) >= 11 is 0. The third-order valence-electron chi connectivity index (χ3n) is 2.06. The van der Waals surface area contributed by atoms with Crippen LogP contribution in [0.15, 0.2) is 0 Å². The first kappa shape index (κ1) is 12.4. The SMILES string of the molecule is CCC(C)OC(=O)C(F)(CC)CO. The summed E-state index contributed by atoms with van der Waals surface area (Å²) in [5.41, 5.74) is -2.23. The van der Waals surface area contributed by atoms with Crippen LogP contribution in [0.2, 0.25) is 0 Å². The molecule has 0 aliphatic heterocycles. The third kappa shape index (κ3) is 3.30. The Morgan fingerprint density at radius 2 is 2.15 bits per heavy atom. The number of rotatable bonds is 5. The van der Waals surface area contributed by atoms with Crippen LogP contribution in [0.25, 0.3) is 0 Å². The summed E-state index contributed by atoms with van der Waals surface area (Å²) in [6, 6.07) is 0. The van der Waals surface area contributed by atoms with Crippen molar-refractivity contribution in [1.29, 1.82) is 0 Å². The van der Waals surface area contributed by atoms with E-state index in [2.05, 4.69) is 0 Å². The third-order valence-corrected chi connectivity index (χ3v) is 2.06. The molecule has 0 fully saturated rings. The van der Waals surface area contributed by atoms with Gasteiger partial charge in [0.1, 0.15) is 0 Å². The van der Waals surface area contributed by atoms with Crippen molar-refractivity contribution in [2.45, 2.75) is 45.4 Å². The van der Waals surface area contributed by atoms with E-state index in [1.165, 1.54) is 6.92 Å². The largest absolute Gasteiger partial charge is 0.460 e. The number of alkyl halides is 1. The Kier molecular flexibility index (Phi) is 4.91. The van der Waals surface area contributed by atoms with Gasteiger partial charge in [-0.25, -0.2) is 9.18 Å². The average molecular weight is 192 g/mol. The zero-order valence-corrected chi connectivity index (χ0v) is 8.34. The fraction of sp³-hybridized carbons (Fsp3) is 0.889. The van der Waals surface area contributed by atoms with E-state index < -0.39 is 18.2 Å². The molecule has 2 atom stereocenters. The van der Waals surface area contributed by atoms with Gasteiger partial charge in [-0.05, 0) is 19.8 Å². The van der Waals surface area contributed by atoms with Crippen LogP contribution in [-0.4, -0.2) is 29.5 Å². The molecule has 0 bridgehead atoms. The number of aliphatic hydroxyl groups excluding tert-OH is 1. The quantitative estimate of drug-likeness (QED) is 0.670. The predicted octanol–water partition coefficient (Wildman–Crippen LogP) is 1.44. The van der Waals surface area contributed by atoms with E-state index >= 15 is 0 Å². The van der Waals surface area contributed by atoms with Crippen LogP contribution in [0.1, 0.15) is 33.6 Å². The molecule has 0 aromatic rings. The first-order valence-corrected chi connectivity index (χ1v) is 4.51. The summed E-state index contributed by atoms with van der Waals surface area (Å²) in [5, 5.41) is 8.67. The highest BCUT2D eigenvalue weighted by molar-refractivity contribution is 5.79. The molecule has 13 heavy (non-hydrogen) atoms. The van der Waals surface area contributed by atoms with Crippen LogP contribution in [0, 0.1) is 0 Å². The fourth-order valence-corrected chi connectivity index (χ4v) is 0.692. The zero-order valence-electron chi connectivity index (χ0n) is 8.34. The van der Waals surface area contributed by atoms with Gasteiger partial charge in [0.15, 0.2) is 0 Å². The lowest BCUT2D eigenvalue weighted by molar-refractivity contribution is -0.166. The fourth-order valence-electron chi connectivity index (χ4n) is 0.692. The second-order valence-corrected chi connectivity index (χ2v) is 3.10. The molecular weight excluding hydrogens is 175 g/mol. The Bertz CT molecular complexity index is 166. The van der Waals surface area contributed by atoms with Crippen LogP contribution in [0.5, 0.6) is 0 Å². The van der Waals surface area contributed by atoms with Crippen LogP contribution >= 0.6 is 0 Å². The van der Waals surface area contributed by atoms with E-state index in [4.69, 9.17) is 9.84 Å². The zero-order chi connectivity index (χ0) is 10.5. The highest BCUT2D eigenvalue weighted by Crippen LogP contribution is 2.18. The average Bonchev–Trinajstić information content (AvgIpc) is 2.16. The molecular formula is C9H17FO3. The number of aliphatic hydroxyl groups is 1. The molecule has 78 valence electrons. The molecule has 0 rings (SSSR count). The number of hydrogen-bond acceptors (Lipinski definition) is 3. The van der Waals surface area contributed by atoms with E-state index in [9.17, 15) is 9.18 Å². The van der Waals surface area contributed by atoms with Crippen LogP contribution in [-0.2, 0) is 9.53 Å². The summed E-state index contributed by atoms with van der Waals surface area (Å²) in [6.45, 7) is 4.20. The van der Waals surface area contributed by atoms with Gasteiger partial charge in [-0.15, -0.1) is 0 Å². The Morgan fingerprint density at radius 1 is 1.62 bits per heavy atom. The summed E-state index contributed by atoms with van der Waals surface area (Å²) in [4.78, 5) is 11.1. The standard InChI is InChI=1S/C9H17FO3/c1-4-7(3)13-8(12)9(10,5-2)6-11/h7,11H,4-6H2,1-3H3. The van der Waals surface area contributed by atoms with E-state index in [-0.39, 0.29) is 12.5 Å². The van der Waals surface area contributed by atoms with Crippen molar-refractivity contribution in [2.24, 2.45) is 0 Å². The lowest BCUT2D eigenvalue weighted by Gasteiger charge is -2.21. The smallest absolute Gasteiger partial charge is 0.346 e. The molecule has 2 unspecified atom stereocenters. The summed E-state index contributed by atoms with van der Waals surface area (Å²) in [5.74, 6) is -0.966. The van der Waals surface area contributed by atoms with Gasteiger partial charge < -0.3 is 9.84 Å². The first-order chi connectivity index (χ1) is 6.00. The maximum Gasteiger partial charge on any atom is 0.346 e. The van der Waals surface area contributed by atoms with Crippen molar-refractivity contribution < 1.29 is 19.0 Å². The number of halogens is 1. The van der Waals surface area contributed by atoms with Crippen molar-refractivity contribution in [2.75, 3.05) is 6.61 Å². The van der Waals surface area contributed by atoms with Gasteiger partial charge in [-0.3, -0.25) is 0 Å². The van der Waals surface area contributed by atoms with Gasteiger partial charge in [0.2, 0.25) is 5.67 Å². The summed E-state index contributed by atoms with van der Waals surface area (Å²) < 4.78 is 18.2. The number of hydrogen-bond donors (Lipinski definition) is 1. The van der Waals surface area contributed by atoms with Gasteiger partial charge in [-0.1, -0.05) is 13.8 Å². The molecule has 3 nitrogen and oxygen atoms in total. The van der Waals surface area contributed by atoms with Gasteiger partial charge in [0, 0.05) is 0 Å². The molecule has 0 spiro atoms. The number of carbonyl (C=O) groups excluding carboxylic acids is 1. The van der Waals surface area contributed by atoms with Crippen molar-refractivity contribution in [3.8, 4) is 0 Å². The number of carbonyl (C=O) groups is 1. The van der Waals surface area contributed by atoms with Crippen LogP contribution in [0.4, 0.5) is 4.39 Å². The Hall–Kier alpha value is -0.640. The molecule has 0 aliphatic rings. The monoisotopic (exact) mass is 192 g/mol. The second-order valence-electron chi connectivity index (χ2n) is 3.10. The van der Waals surface area contributed by atoms with E-state index in [0.717, 1.165) is 0 Å². The van der Waals surface area contributed by atoms with Crippen molar-refractivity contribution in [3.63, 3.8) is 0 Å². The highest BCUT2D eigenvalue weighted by Gasteiger charge is 2.38. The van der Waals surface area contributed by atoms with E-state index in [1.807, 2.05) is 6.92 Å². The van der Waals surface area contributed by atoms with E-state index in [0.29, 0.717) is 6.42 Å². The van der Waals surface area contributed by atoms with Gasteiger partial charge >= 0.3 is 5.97 Å². The van der Waals surface area contributed by atoms with Crippen LogP contribution < -0.4 is 0 Å². The van der Waals surface area contributed by atoms with Gasteiger partial charge in [0.05, 0.1) is 12.7 Å². The maximum absolute atomic E-state index is 13.4. The van der Waals surface area contributed by atoms with Crippen molar-refractivity contribution in [1.82, 2.24) is 0 Å². The van der Waals surface area contributed by atoms with Crippen LogP contribution in [0.3, 0.4) is 0 Å². The van der Waals surface area contributed by atoms with Crippen molar-refractivity contribution >= 4 is 5.97 Å². The number of esters is 1. The maximum atomic E-state index is 13.4. The molecule has 0 aromatic heterocycles. The molecule has 0 saturated carbocycles. The Balaban J connectivity index is 4.22. The minimum atomic E-state index is -2.23. The normalized spacial score (nSPS) is 17.6. The van der Waals surface area contributed by atoms with Crippen molar-refractivity contribution in [3.05, 3.63) is 0 Å². The molecule has 0 saturated heterocycles. The molecule has 0 radical (unpaired) electrons. The predicted molar refractivity (Wildman–Crippen MR) is 47.1 cm³/mol. The molecule has 0 amide bonds. The second kappa shape index (κ2) is 5.17. The lowest BCUT2D eigenvalue weighted by Crippen LogP contribution is -2.40. The Labute approximate surface area is 77.9 Å². The van der Waals surface area contributed by atoms with Gasteiger partial charge in [0.25, 0.3) is 0 Å². The minimum Gasteiger partial charge on any atom is -0.460 e. The topological polar surface area (TPSA) is 46.5 Å². The molecule has 4 heteroatoms. The van der Waals surface area contributed by atoms with Gasteiger partial charge in [-0.2, -0.15) is 0 Å². The summed E-state index contributed by atoms with van der Waals surface area (Å²) in [6.07, 6.45) is 0.260. The molecule has 0 aromatic carbocycles. The lowest BCUT2D eigenvalue weighted by atomic mass is 10.1. The summed E-state index contributed by atoms with van der Waals surface area (Å²) in [7, 11) is 0. The minimum absolute atomic E-state index is 0.0707. The first-order valence-electron chi connectivity index (χ1n) is 4.51. The Morgan fingerprint density at radius 3 is 2.46 bits per heavy atom. The molecule has 0 aliphatic carbocycles. The number of ether oxygens (including phenoxy) is 1.